The van der Waals surface area contributed by atoms with Gasteiger partial charge in [-0.05, 0) is 81.1 Å². The molecule has 1 aliphatic carbocycles. The van der Waals surface area contributed by atoms with Gasteiger partial charge in [0.05, 0.1) is 11.0 Å². The van der Waals surface area contributed by atoms with Crippen molar-refractivity contribution in [3.05, 3.63) is 46.3 Å². The summed E-state index contributed by atoms with van der Waals surface area (Å²) in [5.41, 5.74) is -0.646. The molecule has 0 aromatic carbocycles. The molecule has 0 radical (unpaired) electrons. The molecule has 0 aromatic rings. The summed E-state index contributed by atoms with van der Waals surface area (Å²) >= 11 is 0. The standard InChI is InChI=1S/C31H46O5/c1-19(2)12-11-15-30(10,35)24-18-23-26(33)29(9,16-13-20(3)4)28(34)31(27(23)36-24,17-14-21(5)6)25(32)22(7)8/h12-14,22,24,35H,11,15-18H2,1-10H3. The molecule has 2 aliphatic rings. The largest absolute Gasteiger partial charge is 0.489 e. The second-order valence-corrected chi connectivity index (χ2v) is 12.2. The summed E-state index contributed by atoms with van der Waals surface area (Å²) in [7, 11) is 0. The Kier molecular flexibility index (Phi) is 9.15. The Bertz CT molecular complexity index is 1020. The average molecular weight is 499 g/mol. The lowest BCUT2D eigenvalue weighted by atomic mass is 9.56. The van der Waals surface area contributed by atoms with E-state index in [0.29, 0.717) is 18.4 Å². The molecule has 0 bridgehead atoms. The fourth-order valence-electron chi connectivity index (χ4n) is 5.21. The van der Waals surface area contributed by atoms with Crippen LogP contribution < -0.4 is 0 Å². The van der Waals surface area contributed by atoms with E-state index < -0.39 is 34.2 Å². The fourth-order valence-corrected chi connectivity index (χ4v) is 5.21. The van der Waals surface area contributed by atoms with Crippen molar-refractivity contribution >= 4 is 17.3 Å². The molecule has 0 spiro atoms. The smallest absolute Gasteiger partial charge is 0.176 e. The number of ether oxygens (including phenoxy) is 1. The summed E-state index contributed by atoms with van der Waals surface area (Å²) in [5.74, 6) is -1.17. The maximum absolute atomic E-state index is 14.4. The third kappa shape index (κ3) is 5.66. The maximum Gasteiger partial charge on any atom is 0.176 e. The molecule has 0 saturated carbocycles. The Balaban J connectivity index is 2.72. The van der Waals surface area contributed by atoms with Gasteiger partial charge in [-0.3, -0.25) is 14.4 Å². The van der Waals surface area contributed by atoms with Crippen LogP contribution in [0.25, 0.3) is 0 Å². The molecular weight excluding hydrogens is 452 g/mol. The Labute approximate surface area is 217 Å². The molecular formula is C31H46O5. The topological polar surface area (TPSA) is 80.7 Å². The first-order valence-electron chi connectivity index (χ1n) is 13.2. The second kappa shape index (κ2) is 11.0. The molecule has 200 valence electrons. The van der Waals surface area contributed by atoms with Crippen molar-refractivity contribution in [2.75, 3.05) is 0 Å². The van der Waals surface area contributed by atoms with Gasteiger partial charge in [0.1, 0.15) is 17.3 Å². The van der Waals surface area contributed by atoms with Crippen LogP contribution >= 0.6 is 0 Å². The van der Waals surface area contributed by atoms with Crippen molar-refractivity contribution in [3.8, 4) is 0 Å². The summed E-state index contributed by atoms with van der Waals surface area (Å²) in [6.07, 6.45) is 6.82. The molecule has 0 saturated heterocycles. The number of aliphatic hydroxyl groups is 1. The van der Waals surface area contributed by atoms with Gasteiger partial charge in [0.2, 0.25) is 0 Å². The third-order valence-electron chi connectivity index (χ3n) is 7.55. The van der Waals surface area contributed by atoms with Crippen LogP contribution in [0.15, 0.2) is 46.3 Å². The zero-order chi connectivity index (χ0) is 27.6. The molecule has 0 amide bonds. The average Bonchev–Trinajstić information content (AvgIpc) is 3.22. The molecule has 4 atom stereocenters. The summed E-state index contributed by atoms with van der Waals surface area (Å²) < 4.78 is 6.37. The van der Waals surface area contributed by atoms with Crippen molar-refractivity contribution in [2.45, 2.75) is 113 Å². The predicted octanol–water partition coefficient (Wildman–Crippen LogP) is 6.61. The van der Waals surface area contributed by atoms with Gasteiger partial charge in [0.25, 0.3) is 0 Å². The van der Waals surface area contributed by atoms with Crippen molar-refractivity contribution < 1.29 is 24.2 Å². The highest BCUT2D eigenvalue weighted by Gasteiger charge is 2.65. The zero-order valence-corrected chi connectivity index (χ0v) is 24.0. The molecule has 36 heavy (non-hydrogen) atoms. The van der Waals surface area contributed by atoms with E-state index in [4.69, 9.17) is 4.74 Å². The van der Waals surface area contributed by atoms with E-state index in [2.05, 4.69) is 6.08 Å². The van der Waals surface area contributed by atoms with Gasteiger partial charge in [-0.15, -0.1) is 0 Å². The van der Waals surface area contributed by atoms with E-state index in [0.717, 1.165) is 16.7 Å². The minimum Gasteiger partial charge on any atom is -0.489 e. The van der Waals surface area contributed by atoms with Gasteiger partial charge in [-0.25, -0.2) is 0 Å². The molecule has 4 unspecified atom stereocenters. The first kappa shape index (κ1) is 30.0. The SMILES string of the molecule is CC(C)=CCCC(C)(O)C1CC2=C(O1)C(CC=C(C)C)(C(=O)C(C)C)C(=O)C(C)(CC=C(C)C)C2=O. The lowest BCUT2D eigenvalue weighted by Gasteiger charge is -2.43. The molecule has 0 aromatic heterocycles. The van der Waals surface area contributed by atoms with Crippen molar-refractivity contribution in [2.24, 2.45) is 16.7 Å². The Morgan fingerprint density at radius 2 is 1.56 bits per heavy atom. The Hall–Kier alpha value is -2.27. The monoisotopic (exact) mass is 498 g/mol. The van der Waals surface area contributed by atoms with Gasteiger partial charge in [0, 0.05) is 17.9 Å². The van der Waals surface area contributed by atoms with E-state index >= 15 is 0 Å². The molecule has 5 nitrogen and oxygen atoms in total. The number of carbonyl (C=O) groups is 3. The highest BCUT2D eigenvalue weighted by Crippen LogP contribution is 2.55. The minimum atomic E-state index is -1.58. The number of allylic oxidation sites excluding steroid dienone is 7. The van der Waals surface area contributed by atoms with E-state index in [1.54, 1.807) is 27.7 Å². The van der Waals surface area contributed by atoms with Gasteiger partial charge < -0.3 is 9.84 Å². The van der Waals surface area contributed by atoms with Gasteiger partial charge in [-0.2, -0.15) is 0 Å². The lowest BCUT2D eigenvalue weighted by Crippen LogP contribution is -2.56. The number of hydrogen-bond donors (Lipinski definition) is 1. The molecule has 1 aliphatic heterocycles. The van der Waals surface area contributed by atoms with Crippen molar-refractivity contribution in [3.63, 3.8) is 0 Å². The Morgan fingerprint density at radius 1 is 1.03 bits per heavy atom. The van der Waals surface area contributed by atoms with E-state index in [1.165, 1.54) is 0 Å². The number of hydrogen-bond acceptors (Lipinski definition) is 5. The van der Waals surface area contributed by atoms with Gasteiger partial charge in [0.15, 0.2) is 17.3 Å². The van der Waals surface area contributed by atoms with Crippen LogP contribution in [0.2, 0.25) is 0 Å². The highest BCUT2D eigenvalue weighted by molar-refractivity contribution is 6.26. The zero-order valence-electron chi connectivity index (χ0n) is 24.0. The van der Waals surface area contributed by atoms with Crippen molar-refractivity contribution in [1.29, 1.82) is 0 Å². The van der Waals surface area contributed by atoms with Crippen LogP contribution in [-0.2, 0) is 19.1 Å². The molecule has 2 rings (SSSR count). The molecule has 1 N–H and O–H groups in total. The lowest BCUT2D eigenvalue weighted by molar-refractivity contribution is -0.154. The van der Waals surface area contributed by atoms with E-state index in [9.17, 15) is 19.5 Å². The highest BCUT2D eigenvalue weighted by atomic mass is 16.5. The number of carbonyl (C=O) groups excluding carboxylic acids is 3. The number of ketones is 3. The predicted molar refractivity (Wildman–Crippen MR) is 144 cm³/mol. The van der Waals surface area contributed by atoms with Crippen LogP contribution in [0.5, 0.6) is 0 Å². The normalized spacial score (nSPS) is 27.3. The second-order valence-electron chi connectivity index (χ2n) is 12.2. The van der Waals surface area contributed by atoms with Crippen LogP contribution in [0, 0.1) is 16.7 Å². The van der Waals surface area contributed by atoms with Crippen molar-refractivity contribution in [1.82, 2.24) is 0 Å². The first-order valence-corrected chi connectivity index (χ1v) is 13.2. The maximum atomic E-state index is 14.4. The van der Waals surface area contributed by atoms with E-state index in [-0.39, 0.29) is 36.6 Å². The fraction of sp³-hybridized carbons (Fsp3) is 0.645. The summed E-state index contributed by atoms with van der Waals surface area (Å²) in [4.78, 5) is 42.3. The van der Waals surface area contributed by atoms with Crippen LogP contribution in [-0.4, -0.2) is 34.2 Å². The Morgan fingerprint density at radius 3 is 2.06 bits per heavy atom. The van der Waals surface area contributed by atoms with Crippen LogP contribution in [0.4, 0.5) is 0 Å². The van der Waals surface area contributed by atoms with Crippen LogP contribution in [0.1, 0.15) is 101 Å². The molecule has 5 heteroatoms. The van der Waals surface area contributed by atoms with E-state index in [1.807, 2.05) is 53.7 Å². The minimum absolute atomic E-state index is 0.147. The first-order chi connectivity index (χ1) is 16.5. The quantitative estimate of drug-likeness (QED) is 0.271. The van der Waals surface area contributed by atoms with Gasteiger partial charge >= 0.3 is 0 Å². The van der Waals surface area contributed by atoms with Gasteiger partial charge in [-0.1, -0.05) is 48.8 Å². The molecule has 0 fully saturated rings. The number of rotatable bonds is 10. The molecule has 1 heterocycles. The number of Topliss-reactive ketones (excluding diaryl/α,β-unsaturated/α-hetero) is 3. The summed E-state index contributed by atoms with van der Waals surface area (Å²) in [6, 6.07) is 0. The summed E-state index contributed by atoms with van der Waals surface area (Å²) in [6.45, 7) is 18.7. The van der Waals surface area contributed by atoms with Crippen LogP contribution in [0.3, 0.4) is 0 Å². The summed E-state index contributed by atoms with van der Waals surface area (Å²) in [5, 5.41) is 11.4. The third-order valence-corrected chi connectivity index (χ3v) is 7.55.